The molecule has 1 aliphatic heterocycles. The van der Waals surface area contributed by atoms with E-state index in [4.69, 9.17) is 9.15 Å². The summed E-state index contributed by atoms with van der Waals surface area (Å²) >= 11 is 0. The second-order valence-corrected chi connectivity index (χ2v) is 5.04. The van der Waals surface area contributed by atoms with Crippen molar-refractivity contribution in [2.75, 3.05) is 13.1 Å². The van der Waals surface area contributed by atoms with Crippen molar-refractivity contribution in [2.24, 2.45) is 5.10 Å². The maximum absolute atomic E-state index is 12.0. The van der Waals surface area contributed by atoms with E-state index < -0.39 is 35.3 Å². The number of imide groups is 1. The van der Waals surface area contributed by atoms with Crippen LogP contribution in [0.5, 0.6) is 0 Å². The number of ether oxygens (including phenoxy) is 1. The highest BCUT2D eigenvalue weighted by Gasteiger charge is 2.37. The average molecular weight is 338 g/mol. The molecule has 0 spiro atoms. The molecule has 0 atom stereocenters. The third-order valence-corrected chi connectivity index (χ3v) is 2.81. The Balaban J connectivity index is 2.01. The number of nitrogens with zero attached hydrogens (tertiary/aromatic N) is 4. The molecule has 1 saturated heterocycles. The molecule has 0 N–H and O–H groups in total. The van der Waals surface area contributed by atoms with Crippen LogP contribution in [0.3, 0.4) is 0 Å². The fraction of sp³-hybridized carbons (Fsp3) is 0.385. The summed E-state index contributed by atoms with van der Waals surface area (Å²) in [5.74, 6) is -1.75. The van der Waals surface area contributed by atoms with Gasteiger partial charge in [-0.05, 0) is 19.9 Å². The third-order valence-electron chi connectivity index (χ3n) is 2.81. The van der Waals surface area contributed by atoms with Gasteiger partial charge in [-0.2, -0.15) is 5.10 Å². The molecule has 0 aromatic carbocycles. The van der Waals surface area contributed by atoms with Crippen molar-refractivity contribution >= 4 is 30.0 Å². The standard InChI is InChI=1S/C13H14N4O7/c1-8(2)23-12(19)7-15-10(18)6-16(13(15)20)14-5-9-3-4-11(24-9)17(21)22/h3-5,8H,6-7H2,1-2H3/b14-5+. The maximum Gasteiger partial charge on any atom is 0.433 e. The van der Waals surface area contributed by atoms with Crippen molar-refractivity contribution in [3.63, 3.8) is 0 Å². The normalized spacial score (nSPS) is 15.0. The zero-order valence-corrected chi connectivity index (χ0v) is 12.9. The second-order valence-electron chi connectivity index (χ2n) is 5.04. The van der Waals surface area contributed by atoms with E-state index in [1.165, 1.54) is 6.07 Å². The molecule has 0 radical (unpaired) electrons. The van der Waals surface area contributed by atoms with Crippen LogP contribution in [0.4, 0.5) is 10.7 Å². The molecular formula is C13H14N4O7. The van der Waals surface area contributed by atoms with Gasteiger partial charge >= 0.3 is 17.9 Å². The minimum Gasteiger partial charge on any atom is -0.462 e. The highest BCUT2D eigenvalue weighted by molar-refractivity contribution is 6.04. The van der Waals surface area contributed by atoms with E-state index in [0.717, 1.165) is 17.3 Å². The fourth-order valence-electron chi connectivity index (χ4n) is 1.84. The predicted molar refractivity (Wildman–Crippen MR) is 78.0 cm³/mol. The first kappa shape index (κ1) is 17.1. The molecule has 1 aromatic heterocycles. The lowest BCUT2D eigenvalue weighted by Gasteiger charge is -2.14. The van der Waals surface area contributed by atoms with E-state index in [1.54, 1.807) is 13.8 Å². The zero-order chi connectivity index (χ0) is 17.9. The Bertz CT molecular complexity index is 709. The van der Waals surface area contributed by atoms with Crippen molar-refractivity contribution in [1.82, 2.24) is 9.91 Å². The molecule has 2 rings (SSSR count). The smallest absolute Gasteiger partial charge is 0.433 e. The Labute approximate surface area is 135 Å². The van der Waals surface area contributed by atoms with Crippen LogP contribution in [0.2, 0.25) is 0 Å². The maximum atomic E-state index is 12.0. The van der Waals surface area contributed by atoms with Crippen LogP contribution in [-0.2, 0) is 14.3 Å². The SMILES string of the molecule is CC(C)OC(=O)CN1C(=O)CN(/N=C/c2ccc([N+](=O)[O-])o2)C1=O. The lowest BCUT2D eigenvalue weighted by atomic mass is 10.4. The van der Waals surface area contributed by atoms with Gasteiger partial charge in [0, 0.05) is 0 Å². The summed E-state index contributed by atoms with van der Waals surface area (Å²) in [7, 11) is 0. The monoisotopic (exact) mass is 338 g/mol. The second kappa shape index (κ2) is 6.89. The molecule has 0 aliphatic carbocycles. The zero-order valence-electron chi connectivity index (χ0n) is 12.9. The van der Waals surface area contributed by atoms with Gasteiger partial charge in [0.15, 0.2) is 5.76 Å². The van der Waals surface area contributed by atoms with E-state index in [0.29, 0.717) is 4.90 Å². The Hall–Kier alpha value is -3.24. The van der Waals surface area contributed by atoms with Crippen LogP contribution in [0.25, 0.3) is 0 Å². The number of esters is 1. The van der Waals surface area contributed by atoms with Crippen molar-refractivity contribution in [1.29, 1.82) is 0 Å². The molecule has 24 heavy (non-hydrogen) atoms. The summed E-state index contributed by atoms with van der Waals surface area (Å²) in [6, 6.07) is 1.63. The van der Waals surface area contributed by atoms with Gasteiger partial charge in [0.1, 0.15) is 18.0 Å². The van der Waals surface area contributed by atoms with Crippen LogP contribution in [-0.4, -0.2) is 58.1 Å². The van der Waals surface area contributed by atoms with E-state index in [9.17, 15) is 24.5 Å². The van der Waals surface area contributed by atoms with Gasteiger partial charge in [-0.25, -0.2) is 14.7 Å². The van der Waals surface area contributed by atoms with Gasteiger partial charge in [-0.1, -0.05) is 0 Å². The Kier molecular flexibility index (Phi) is 4.92. The number of carbonyl (C=O) groups excluding carboxylic acids is 3. The van der Waals surface area contributed by atoms with Gasteiger partial charge in [0.2, 0.25) is 0 Å². The minimum absolute atomic E-state index is 0.0413. The number of hydrogen-bond donors (Lipinski definition) is 0. The number of nitro groups is 1. The average Bonchev–Trinajstić information content (AvgIpc) is 3.05. The Morgan fingerprint density at radius 1 is 1.50 bits per heavy atom. The number of carbonyl (C=O) groups is 3. The highest BCUT2D eigenvalue weighted by Crippen LogP contribution is 2.15. The van der Waals surface area contributed by atoms with Crippen LogP contribution in [0, 0.1) is 10.1 Å². The van der Waals surface area contributed by atoms with Crippen molar-refractivity contribution in [3.05, 3.63) is 28.0 Å². The molecule has 2 heterocycles. The molecule has 3 amide bonds. The minimum atomic E-state index is -0.794. The van der Waals surface area contributed by atoms with E-state index in [2.05, 4.69) is 5.10 Å². The molecule has 0 unspecified atom stereocenters. The highest BCUT2D eigenvalue weighted by atomic mass is 16.6. The summed E-state index contributed by atoms with van der Waals surface area (Å²) in [6.45, 7) is 2.43. The molecule has 11 heteroatoms. The van der Waals surface area contributed by atoms with Crippen LogP contribution >= 0.6 is 0 Å². The van der Waals surface area contributed by atoms with Gasteiger partial charge in [0.05, 0.1) is 18.4 Å². The van der Waals surface area contributed by atoms with Crippen molar-refractivity contribution in [2.45, 2.75) is 20.0 Å². The van der Waals surface area contributed by atoms with Gasteiger partial charge in [0.25, 0.3) is 5.91 Å². The topological polar surface area (TPSA) is 136 Å². The summed E-state index contributed by atoms with van der Waals surface area (Å²) in [5, 5.41) is 15.1. The summed E-state index contributed by atoms with van der Waals surface area (Å²) in [6.07, 6.45) is 0.697. The van der Waals surface area contributed by atoms with Gasteiger partial charge in [-0.3, -0.25) is 19.7 Å². The van der Waals surface area contributed by atoms with E-state index in [1.807, 2.05) is 0 Å². The lowest BCUT2D eigenvalue weighted by Crippen LogP contribution is -2.37. The third kappa shape index (κ3) is 3.94. The number of hydrazone groups is 1. The molecule has 128 valence electrons. The largest absolute Gasteiger partial charge is 0.462 e. The van der Waals surface area contributed by atoms with Crippen LogP contribution in [0.1, 0.15) is 19.6 Å². The van der Waals surface area contributed by atoms with E-state index >= 15 is 0 Å². The van der Waals surface area contributed by atoms with Crippen molar-refractivity contribution < 1.29 is 28.5 Å². The first-order chi connectivity index (χ1) is 11.3. The number of rotatable bonds is 6. The van der Waals surface area contributed by atoms with Crippen LogP contribution in [0.15, 0.2) is 21.7 Å². The molecule has 1 aliphatic rings. The van der Waals surface area contributed by atoms with Gasteiger partial charge in [-0.15, -0.1) is 0 Å². The summed E-state index contributed by atoms with van der Waals surface area (Å²) in [4.78, 5) is 45.9. The first-order valence-electron chi connectivity index (χ1n) is 6.87. The summed E-state index contributed by atoms with van der Waals surface area (Å²) in [5.41, 5.74) is 0. The molecule has 0 saturated carbocycles. The number of furan rings is 1. The van der Waals surface area contributed by atoms with Crippen LogP contribution < -0.4 is 0 Å². The predicted octanol–water partition coefficient (Wildman–Crippen LogP) is 0.738. The van der Waals surface area contributed by atoms with E-state index in [-0.39, 0.29) is 18.4 Å². The quantitative estimate of drug-likeness (QED) is 0.245. The first-order valence-corrected chi connectivity index (χ1v) is 6.87. The number of amides is 3. The summed E-state index contributed by atoms with van der Waals surface area (Å²) < 4.78 is 9.72. The number of hydrogen-bond acceptors (Lipinski definition) is 8. The molecule has 1 fully saturated rings. The van der Waals surface area contributed by atoms with Gasteiger partial charge < -0.3 is 9.15 Å². The number of urea groups is 1. The molecule has 1 aromatic rings. The molecular weight excluding hydrogens is 324 g/mol. The van der Waals surface area contributed by atoms with Crippen molar-refractivity contribution in [3.8, 4) is 0 Å². The Morgan fingerprint density at radius 3 is 2.79 bits per heavy atom. The Morgan fingerprint density at radius 2 is 2.21 bits per heavy atom. The lowest BCUT2D eigenvalue weighted by molar-refractivity contribution is -0.402. The fourth-order valence-corrected chi connectivity index (χ4v) is 1.84. The molecule has 11 nitrogen and oxygen atoms in total. The molecule has 0 bridgehead atoms.